The Morgan fingerprint density at radius 2 is 2.04 bits per heavy atom. The van der Waals surface area contributed by atoms with Crippen molar-refractivity contribution in [3.8, 4) is 11.5 Å². The maximum Gasteiger partial charge on any atom is 0.431 e. The molecule has 1 aliphatic heterocycles. The number of anilines is 1. The van der Waals surface area contributed by atoms with Gasteiger partial charge in [0.25, 0.3) is 0 Å². The van der Waals surface area contributed by atoms with Crippen molar-refractivity contribution in [3.63, 3.8) is 0 Å². The van der Waals surface area contributed by atoms with Gasteiger partial charge >= 0.3 is 12.1 Å². The molecule has 1 aliphatic rings. The first-order chi connectivity index (χ1) is 13.3. The van der Waals surface area contributed by atoms with Crippen LogP contribution in [0.25, 0.3) is 0 Å². The van der Waals surface area contributed by atoms with Crippen LogP contribution < -0.4 is 14.8 Å². The van der Waals surface area contributed by atoms with E-state index in [0.717, 1.165) is 6.33 Å². The smallest absolute Gasteiger partial charge is 0.431 e. The van der Waals surface area contributed by atoms with Gasteiger partial charge in [0, 0.05) is 5.56 Å². The zero-order valence-electron chi connectivity index (χ0n) is 15.2. The molecule has 2 heterocycles. The lowest BCUT2D eigenvalue weighted by atomic mass is 9.94. The molecule has 0 unspecified atom stereocenters. The fraction of sp³-hybridized carbons (Fsp3) is 0.353. The molecule has 0 saturated carbocycles. The number of nitrogens with one attached hydrogen (secondary N) is 1. The number of hydrogen-bond donors (Lipinski definition) is 1. The number of fused-ring (bicyclic) bond motifs is 1. The first-order valence-corrected chi connectivity index (χ1v) is 8.18. The summed E-state index contributed by atoms with van der Waals surface area (Å²) in [6.07, 6.45) is -3.77. The topological polar surface area (TPSA) is 87.5 Å². The molecule has 0 saturated heterocycles. The summed E-state index contributed by atoms with van der Waals surface area (Å²) in [5, 5.41) is 6.14. The third-order valence-corrected chi connectivity index (χ3v) is 4.11. The molecule has 11 heteroatoms. The number of allylic oxidation sites excluding steroid dienone is 1. The number of nitrogens with zero attached hydrogens (tertiary/aromatic N) is 3. The van der Waals surface area contributed by atoms with Crippen LogP contribution in [0.2, 0.25) is 0 Å². The molecule has 1 N–H and O–H groups in total. The van der Waals surface area contributed by atoms with Crippen molar-refractivity contribution in [2.45, 2.75) is 19.1 Å². The average Bonchev–Trinajstić information content (AvgIpc) is 3.13. The second-order valence-electron chi connectivity index (χ2n) is 5.67. The van der Waals surface area contributed by atoms with Crippen LogP contribution in [0, 0.1) is 0 Å². The number of rotatable bonds is 5. The summed E-state index contributed by atoms with van der Waals surface area (Å²) in [6, 6.07) is 3.31. The molecule has 0 bridgehead atoms. The van der Waals surface area contributed by atoms with Crippen molar-refractivity contribution in [1.29, 1.82) is 0 Å². The molecular weight excluding hydrogens is 381 g/mol. The Labute approximate surface area is 157 Å². The lowest BCUT2D eigenvalue weighted by molar-refractivity contribution is -0.140. The number of methoxy groups -OCH3 is 2. The average molecular weight is 398 g/mol. The van der Waals surface area contributed by atoms with E-state index in [4.69, 9.17) is 14.2 Å². The number of benzene rings is 1. The zero-order chi connectivity index (χ0) is 20.5. The minimum absolute atomic E-state index is 0.0976. The third-order valence-electron chi connectivity index (χ3n) is 4.11. The van der Waals surface area contributed by atoms with E-state index >= 15 is 0 Å². The molecule has 0 spiro atoms. The summed E-state index contributed by atoms with van der Waals surface area (Å²) in [4.78, 5) is 16.4. The van der Waals surface area contributed by atoms with Gasteiger partial charge in [-0.2, -0.15) is 23.3 Å². The Bertz CT molecular complexity index is 923. The summed E-state index contributed by atoms with van der Waals surface area (Å²) in [7, 11) is 2.78. The van der Waals surface area contributed by atoms with E-state index in [2.05, 4.69) is 15.4 Å². The highest BCUT2D eigenvalue weighted by atomic mass is 19.4. The number of halogens is 3. The fourth-order valence-corrected chi connectivity index (χ4v) is 2.95. The second-order valence-corrected chi connectivity index (χ2v) is 5.67. The lowest BCUT2D eigenvalue weighted by Gasteiger charge is -2.30. The Balaban J connectivity index is 2.32. The van der Waals surface area contributed by atoms with E-state index in [1.807, 2.05) is 0 Å². The molecule has 0 fully saturated rings. The number of carbonyl (C=O) groups is 1. The summed E-state index contributed by atoms with van der Waals surface area (Å²) in [5.74, 6) is -0.682. The number of carbonyl (C=O) groups excluding carboxylic acids is 1. The maximum atomic E-state index is 13.8. The van der Waals surface area contributed by atoms with Crippen molar-refractivity contribution in [1.82, 2.24) is 14.8 Å². The van der Waals surface area contributed by atoms with Gasteiger partial charge in [-0.25, -0.2) is 9.48 Å². The molecule has 0 aliphatic carbocycles. The summed E-state index contributed by atoms with van der Waals surface area (Å²) < 4.78 is 57.9. The SMILES string of the molecule is CCOC(=O)C1=C(C(F)(F)F)Nc2ncnn2[C@H]1c1cc(OC)ccc1OC. The summed E-state index contributed by atoms with van der Waals surface area (Å²) >= 11 is 0. The van der Waals surface area contributed by atoms with E-state index in [-0.39, 0.29) is 23.9 Å². The zero-order valence-corrected chi connectivity index (χ0v) is 15.2. The van der Waals surface area contributed by atoms with E-state index < -0.39 is 29.5 Å². The molecule has 1 aromatic carbocycles. The number of alkyl halides is 3. The van der Waals surface area contributed by atoms with E-state index in [9.17, 15) is 18.0 Å². The standard InChI is InChI=1S/C17H17F3N4O4/c1-4-28-15(25)12-13(10-7-9(26-2)5-6-11(10)27-3)24-16(21-8-22-24)23-14(12)17(18,19)20/h5-8,13H,4H2,1-3H3,(H,21,22,23)/t13-/m0/s1. The maximum absolute atomic E-state index is 13.8. The van der Waals surface area contributed by atoms with Gasteiger partial charge in [0.1, 0.15) is 29.6 Å². The molecule has 2 aromatic rings. The molecule has 8 nitrogen and oxygen atoms in total. The lowest BCUT2D eigenvalue weighted by Crippen LogP contribution is -2.35. The molecule has 1 atom stereocenters. The van der Waals surface area contributed by atoms with Gasteiger partial charge < -0.3 is 19.5 Å². The van der Waals surface area contributed by atoms with Crippen LogP contribution in [0.1, 0.15) is 18.5 Å². The van der Waals surface area contributed by atoms with Crippen LogP contribution in [0.4, 0.5) is 19.1 Å². The molecule has 28 heavy (non-hydrogen) atoms. The molecular formula is C17H17F3N4O4. The summed E-state index contributed by atoms with van der Waals surface area (Å²) in [5.41, 5.74) is -1.68. The van der Waals surface area contributed by atoms with Gasteiger partial charge in [-0.1, -0.05) is 0 Å². The molecule has 0 amide bonds. The Kier molecular flexibility index (Phi) is 5.16. The van der Waals surface area contributed by atoms with Crippen molar-refractivity contribution < 1.29 is 32.2 Å². The van der Waals surface area contributed by atoms with Gasteiger partial charge in [0.15, 0.2) is 0 Å². The number of esters is 1. The van der Waals surface area contributed by atoms with Crippen LogP contribution in [0.15, 0.2) is 35.8 Å². The minimum atomic E-state index is -4.86. The second kappa shape index (κ2) is 7.41. The predicted octanol–water partition coefficient (Wildman–Crippen LogP) is 2.69. The minimum Gasteiger partial charge on any atom is -0.497 e. The van der Waals surface area contributed by atoms with E-state index in [1.54, 1.807) is 6.07 Å². The normalized spacial score (nSPS) is 16.3. The van der Waals surface area contributed by atoms with Gasteiger partial charge in [0.05, 0.1) is 26.4 Å². The van der Waals surface area contributed by atoms with Crippen molar-refractivity contribution >= 4 is 11.9 Å². The highest BCUT2D eigenvalue weighted by Gasteiger charge is 2.47. The van der Waals surface area contributed by atoms with Crippen LogP contribution in [0.3, 0.4) is 0 Å². The fourth-order valence-electron chi connectivity index (χ4n) is 2.95. The van der Waals surface area contributed by atoms with Crippen molar-refractivity contribution in [3.05, 3.63) is 41.4 Å². The van der Waals surface area contributed by atoms with Crippen LogP contribution in [0.5, 0.6) is 11.5 Å². The van der Waals surface area contributed by atoms with Gasteiger partial charge in [-0.3, -0.25) is 0 Å². The number of aromatic nitrogens is 3. The first-order valence-electron chi connectivity index (χ1n) is 8.18. The highest BCUT2D eigenvalue weighted by Crippen LogP contribution is 2.44. The van der Waals surface area contributed by atoms with E-state index in [1.165, 1.54) is 38.0 Å². The predicted molar refractivity (Wildman–Crippen MR) is 91.0 cm³/mol. The van der Waals surface area contributed by atoms with Gasteiger partial charge in [-0.15, -0.1) is 0 Å². The van der Waals surface area contributed by atoms with Crippen LogP contribution in [-0.4, -0.2) is 47.7 Å². The van der Waals surface area contributed by atoms with Crippen molar-refractivity contribution in [2.24, 2.45) is 0 Å². The Morgan fingerprint density at radius 1 is 1.29 bits per heavy atom. The van der Waals surface area contributed by atoms with Crippen LogP contribution in [-0.2, 0) is 9.53 Å². The Morgan fingerprint density at radius 3 is 2.64 bits per heavy atom. The number of hydrogen-bond acceptors (Lipinski definition) is 7. The molecule has 150 valence electrons. The van der Waals surface area contributed by atoms with Crippen LogP contribution >= 0.6 is 0 Å². The first kappa shape index (κ1) is 19.5. The van der Waals surface area contributed by atoms with Gasteiger partial charge in [-0.05, 0) is 25.1 Å². The quantitative estimate of drug-likeness (QED) is 0.775. The summed E-state index contributed by atoms with van der Waals surface area (Å²) in [6.45, 7) is 1.41. The monoisotopic (exact) mass is 398 g/mol. The molecule has 1 aromatic heterocycles. The van der Waals surface area contributed by atoms with E-state index in [0.29, 0.717) is 5.75 Å². The largest absolute Gasteiger partial charge is 0.497 e. The number of ether oxygens (including phenoxy) is 3. The third kappa shape index (κ3) is 3.35. The molecule has 0 radical (unpaired) electrons. The van der Waals surface area contributed by atoms with Crippen molar-refractivity contribution in [2.75, 3.05) is 26.1 Å². The highest BCUT2D eigenvalue weighted by molar-refractivity contribution is 5.93. The molecule has 3 rings (SSSR count). The van der Waals surface area contributed by atoms with Gasteiger partial charge in [0.2, 0.25) is 5.95 Å². The Hall–Kier alpha value is -3.24.